The van der Waals surface area contributed by atoms with Gasteiger partial charge in [-0.05, 0) is 44.4 Å². The van der Waals surface area contributed by atoms with Gasteiger partial charge in [-0.3, -0.25) is 0 Å². The quantitative estimate of drug-likeness (QED) is 0.412. The molecule has 0 unspecified atom stereocenters. The molecule has 19 heavy (non-hydrogen) atoms. The molecule has 0 aliphatic rings. The predicted octanol–water partition coefficient (Wildman–Crippen LogP) is 5.51. The molecular weight excluding hydrogens is 232 g/mol. The Hall–Kier alpha value is -1.76. The summed E-state index contributed by atoms with van der Waals surface area (Å²) in [6.45, 7) is 16.4. The highest BCUT2D eigenvalue weighted by atomic mass is 16.5. The van der Waals surface area contributed by atoms with Gasteiger partial charge in [0.2, 0.25) is 0 Å². The molecule has 0 heterocycles. The number of allylic oxidation sites excluding steroid dienone is 8. The second-order valence-corrected chi connectivity index (χ2v) is 3.88. The molecule has 0 N–H and O–H groups in total. The first-order valence-corrected chi connectivity index (χ1v) is 6.81. The standard InChI is InChI=1S/C18H26O/c1-7-13-15(9-3)17(14-8-2)16(10-4)18(11-5)19-12-6/h7,9-11,13-14H,1,3,8,12H2,2,4-6H3/b15-13+,16-10+,17-14+,18-11+. The average Bonchev–Trinajstić information content (AvgIpc) is 2.43. The molecule has 0 saturated carbocycles. The molecule has 0 aromatic carbocycles. The van der Waals surface area contributed by atoms with Gasteiger partial charge < -0.3 is 4.74 Å². The summed E-state index contributed by atoms with van der Waals surface area (Å²) in [7, 11) is 0. The van der Waals surface area contributed by atoms with E-state index in [9.17, 15) is 0 Å². The molecule has 0 aromatic heterocycles. The zero-order chi connectivity index (χ0) is 14.7. The molecule has 0 amide bonds. The normalized spacial score (nSPS) is 14.3. The molecule has 0 rings (SSSR count). The molecule has 0 atom stereocenters. The van der Waals surface area contributed by atoms with Gasteiger partial charge in [0.15, 0.2) is 0 Å². The minimum Gasteiger partial charge on any atom is -0.494 e. The lowest BCUT2D eigenvalue weighted by atomic mass is 9.94. The minimum atomic E-state index is 0.658. The van der Waals surface area contributed by atoms with Crippen molar-refractivity contribution >= 4 is 0 Å². The third-order valence-corrected chi connectivity index (χ3v) is 2.64. The second kappa shape index (κ2) is 10.2. The lowest BCUT2D eigenvalue weighted by Gasteiger charge is -2.17. The summed E-state index contributed by atoms with van der Waals surface area (Å²) < 4.78 is 5.71. The van der Waals surface area contributed by atoms with Crippen molar-refractivity contribution in [2.45, 2.75) is 34.1 Å². The van der Waals surface area contributed by atoms with Crippen molar-refractivity contribution in [1.82, 2.24) is 0 Å². The molecule has 0 spiro atoms. The van der Waals surface area contributed by atoms with Crippen molar-refractivity contribution in [1.29, 1.82) is 0 Å². The first kappa shape index (κ1) is 17.2. The van der Waals surface area contributed by atoms with Crippen LogP contribution in [-0.4, -0.2) is 6.61 Å². The van der Waals surface area contributed by atoms with Crippen LogP contribution in [0.3, 0.4) is 0 Å². The summed E-state index contributed by atoms with van der Waals surface area (Å²) in [4.78, 5) is 0. The molecule has 104 valence electrons. The molecular formula is C18H26O. The Kier molecular flexibility index (Phi) is 9.25. The van der Waals surface area contributed by atoms with Crippen LogP contribution in [0.5, 0.6) is 0 Å². The van der Waals surface area contributed by atoms with E-state index in [0.29, 0.717) is 6.61 Å². The number of hydrogen-bond donors (Lipinski definition) is 0. The molecule has 0 aliphatic carbocycles. The van der Waals surface area contributed by atoms with Gasteiger partial charge in [-0.2, -0.15) is 0 Å². The maximum Gasteiger partial charge on any atom is 0.122 e. The van der Waals surface area contributed by atoms with Crippen LogP contribution in [0.4, 0.5) is 0 Å². The SMILES string of the molecule is C=C/C=C(C=C)/C(=C\CC)C(=C\C)/C(=C\C)OCC. The van der Waals surface area contributed by atoms with Gasteiger partial charge in [-0.1, -0.05) is 50.5 Å². The summed E-state index contributed by atoms with van der Waals surface area (Å²) in [6, 6.07) is 0. The molecule has 1 nitrogen and oxygen atoms in total. The Bertz CT molecular complexity index is 417. The van der Waals surface area contributed by atoms with Crippen LogP contribution in [0, 0.1) is 0 Å². The van der Waals surface area contributed by atoms with E-state index in [1.54, 1.807) is 6.08 Å². The van der Waals surface area contributed by atoms with E-state index in [-0.39, 0.29) is 0 Å². The Labute approximate surface area is 118 Å². The van der Waals surface area contributed by atoms with Crippen molar-refractivity contribution in [3.8, 4) is 0 Å². The maximum atomic E-state index is 5.71. The minimum absolute atomic E-state index is 0.658. The van der Waals surface area contributed by atoms with Crippen LogP contribution in [0.1, 0.15) is 34.1 Å². The summed E-state index contributed by atoms with van der Waals surface area (Å²) in [5.74, 6) is 0.904. The molecule has 0 saturated heterocycles. The molecule has 0 radical (unpaired) electrons. The van der Waals surface area contributed by atoms with Gasteiger partial charge in [0, 0.05) is 5.57 Å². The van der Waals surface area contributed by atoms with Crippen LogP contribution in [0.15, 0.2) is 72.1 Å². The summed E-state index contributed by atoms with van der Waals surface area (Å²) in [5, 5.41) is 0. The molecule has 0 aromatic rings. The van der Waals surface area contributed by atoms with Crippen LogP contribution < -0.4 is 0 Å². The van der Waals surface area contributed by atoms with Gasteiger partial charge in [0.05, 0.1) is 6.61 Å². The molecule has 0 fully saturated rings. The summed E-state index contributed by atoms with van der Waals surface area (Å²) >= 11 is 0. The summed E-state index contributed by atoms with van der Waals surface area (Å²) in [5.41, 5.74) is 3.30. The van der Waals surface area contributed by atoms with E-state index in [0.717, 1.165) is 28.9 Å². The van der Waals surface area contributed by atoms with E-state index in [1.807, 2.05) is 39.0 Å². The predicted molar refractivity (Wildman–Crippen MR) is 86.0 cm³/mol. The molecule has 0 bridgehead atoms. The van der Waals surface area contributed by atoms with Crippen molar-refractivity contribution in [2.24, 2.45) is 0 Å². The highest BCUT2D eigenvalue weighted by Crippen LogP contribution is 2.28. The summed E-state index contributed by atoms with van der Waals surface area (Å²) in [6.07, 6.45) is 12.8. The van der Waals surface area contributed by atoms with Gasteiger partial charge in [-0.15, -0.1) is 0 Å². The Morgan fingerprint density at radius 2 is 1.74 bits per heavy atom. The topological polar surface area (TPSA) is 9.23 Å². The van der Waals surface area contributed by atoms with Crippen molar-refractivity contribution in [3.63, 3.8) is 0 Å². The Morgan fingerprint density at radius 3 is 2.11 bits per heavy atom. The molecule has 1 heteroatoms. The monoisotopic (exact) mass is 258 g/mol. The first-order chi connectivity index (χ1) is 9.19. The van der Waals surface area contributed by atoms with Crippen molar-refractivity contribution in [2.75, 3.05) is 6.61 Å². The highest BCUT2D eigenvalue weighted by molar-refractivity contribution is 5.57. The van der Waals surface area contributed by atoms with E-state index in [1.165, 1.54) is 0 Å². The lowest BCUT2D eigenvalue weighted by Crippen LogP contribution is -2.01. The Morgan fingerprint density at radius 1 is 1.05 bits per heavy atom. The zero-order valence-corrected chi connectivity index (χ0v) is 12.7. The van der Waals surface area contributed by atoms with E-state index in [4.69, 9.17) is 4.74 Å². The number of rotatable bonds is 8. The van der Waals surface area contributed by atoms with Crippen LogP contribution in [0.2, 0.25) is 0 Å². The van der Waals surface area contributed by atoms with Crippen LogP contribution in [-0.2, 0) is 4.74 Å². The lowest BCUT2D eigenvalue weighted by molar-refractivity contribution is 0.238. The highest BCUT2D eigenvalue weighted by Gasteiger charge is 2.12. The van der Waals surface area contributed by atoms with Gasteiger partial charge in [-0.25, -0.2) is 0 Å². The van der Waals surface area contributed by atoms with Crippen molar-refractivity contribution < 1.29 is 4.74 Å². The second-order valence-electron chi connectivity index (χ2n) is 3.88. The number of ether oxygens (including phenoxy) is 1. The third-order valence-electron chi connectivity index (χ3n) is 2.64. The Balaban J connectivity index is 5.74. The zero-order valence-electron chi connectivity index (χ0n) is 12.7. The molecule has 0 aliphatic heterocycles. The fraction of sp³-hybridized carbons (Fsp3) is 0.333. The van der Waals surface area contributed by atoms with Crippen molar-refractivity contribution in [3.05, 3.63) is 72.1 Å². The number of hydrogen-bond acceptors (Lipinski definition) is 1. The maximum absolute atomic E-state index is 5.71. The van der Waals surface area contributed by atoms with Gasteiger partial charge >= 0.3 is 0 Å². The fourth-order valence-corrected chi connectivity index (χ4v) is 1.88. The van der Waals surface area contributed by atoms with Crippen LogP contribution in [0.25, 0.3) is 0 Å². The van der Waals surface area contributed by atoms with E-state index in [2.05, 4.69) is 32.2 Å². The largest absolute Gasteiger partial charge is 0.494 e. The van der Waals surface area contributed by atoms with Crippen LogP contribution >= 0.6 is 0 Å². The smallest absolute Gasteiger partial charge is 0.122 e. The van der Waals surface area contributed by atoms with Gasteiger partial charge in [0.25, 0.3) is 0 Å². The third kappa shape index (κ3) is 5.17. The van der Waals surface area contributed by atoms with Gasteiger partial charge in [0.1, 0.15) is 5.76 Å². The fourth-order valence-electron chi connectivity index (χ4n) is 1.88. The first-order valence-electron chi connectivity index (χ1n) is 6.81. The van der Waals surface area contributed by atoms with E-state index >= 15 is 0 Å². The average molecular weight is 258 g/mol. The van der Waals surface area contributed by atoms with E-state index < -0.39 is 0 Å².